The minimum atomic E-state index is -0.403. The molecular weight excluding hydrogens is 217 g/mol. The van der Waals surface area contributed by atoms with E-state index >= 15 is 0 Å². The van der Waals surface area contributed by atoms with Crippen LogP contribution in [0.25, 0.3) is 0 Å². The number of aromatic nitrogens is 1. The molecule has 0 saturated heterocycles. The molecule has 1 heterocycles. The lowest BCUT2D eigenvalue weighted by atomic mass is 9.93. The van der Waals surface area contributed by atoms with Crippen molar-refractivity contribution in [3.05, 3.63) is 29.8 Å². The predicted molar refractivity (Wildman–Crippen MR) is 66.4 cm³/mol. The Morgan fingerprint density at radius 1 is 1.41 bits per heavy atom. The van der Waals surface area contributed by atoms with Gasteiger partial charge in [-0.3, -0.25) is 9.78 Å². The van der Waals surface area contributed by atoms with Crippen molar-refractivity contribution < 1.29 is 9.18 Å². The first-order chi connectivity index (χ1) is 8.17. The SMILES string of the molecule is CCCCC(CC)CC(=O)c1ccc(F)cn1. The van der Waals surface area contributed by atoms with E-state index in [0.29, 0.717) is 18.0 Å². The number of halogens is 1. The van der Waals surface area contributed by atoms with Crippen LogP contribution in [0, 0.1) is 11.7 Å². The molecule has 3 heteroatoms. The summed E-state index contributed by atoms with van der Waals surface area (Å²) in [6.45, 7) is 4.25. The summed E-state index contributed by atoms with van der Waals surface area (Å²) in [6.07, 6.45) is 6.02. The Hall–Kier alpha value is -1.25. The van der Waals surface area contributed by atoms with E-state index in [1.807, 2.05) is 0 Å². The summed E-state index contributed by atoms with van der Waals surface area (Å²) in [5.74, 6) is 0.0434. The Morgan fingerprint density at radius 2 is 2.18 bits per heavy atom. The Labute approximate surface area is 102 Å². The van der Waals surface area contributed by atoms with Gasteiger partial charge in [0.2, 0.25) is 0 Å². The van der Waals surface area contributed by atoms with Crippen molar-refractivity contribution in [1.29, 1.82) is 0 Å². The lowest BCUT2D eigenvalue weighted by molar-refractivity contribution is 0.0952. The number of hydrogen-bond donors (Lipinski definition) is 0. The molecule has 0 radical (unpaired) electrons. The van der Waals surface area contributed by atoms with Gasteiger partial charge in [0.1, 0.15) is 11.5 Å². The molecule has 17 heavy (non-hydrogen) atoms. The lowest BCUT2D eigenvalue weighted by Gasteiger charge is -2.12. The number of Topliss-reactive ketones (excluding diaryl/α,β-unsaturated/α-hetero) is 1. The highest BCUT2D eigenvalue weighted by Crippen LogP contribution is 2.18. The molecule has 1 aromatic heterocycles. The molecule has 94 valence electrons. The fourth-order valence-corrected chi connectivity index (χ4v) is 1.85. The highest BCUT2D eigenvalue weighted by molar-refractivity contribution is 5.94. The quantitative estimate of drug-likeness (QED) is 0.671. The molecule has 0 bridgehead atoms. The Balaban J connectivity index is 2.54. The molecule has 1 unspecified atom stereocenters. The summed E-state index contributed by atoms with van der Waals surface area (Å²) in [6, 6.07) is 2.75. The molecule has 0 saturated carbocycles. The highest BCUT2D eigenvalue weighted by atomic mass is 19.1. The minimum Gasteiger partial charge on any atom is -0.292 e. The molecule has 0 aliphatic rings. The van der Waals surface area contributed by atoms with Crippen LogP contribution in [-0.2, 0) is 0 Å². The van der Waals surface area contributed by atoms with E-state index in [2.05, 4.69) is 18.8 Å². The molecule has 0 amide bonds. The van der Waals surface area contributed by atoms with Crippen molar-refractivity contribution in [2.75, 3.05) is 0 Å². The lowest BCUT2D eigenvalue weighted by Crippen LogP contribution is -2.10. The van der Waals surface area contributed by atoms with Crippen LogP contribution in [0.15, 0.2) is 18.3 Å². The van der Waals surface area contributed by atoms with E-state index in [1.165, 1.54) is 12.1 Å². The van der Waals surface area contributed by atoms with Crippen LogP contribution in [0.4, 0.5) is 4.39 Å². The maximum atomic E-state index is 12.7. The molecule has 1 atom stereocenters. The second-order valence-electron chi connectivity index (χ2n) is 4.41. The maximum absolute atomic E-state index is 12.7. The van der Waals surface area contributed by atoms with Gasteiger partial charge in [-0.05, 0) is 18.1 Å². The molecule has 2 nitrogen and oxygen atoms in total. The Bertz CT molecular complexity index is 348. The van der Waals surface area contributed by atoms with E-state index in [9.17, 15) is 9.18 Å². The molecule has 0 spiro atoms. The number of nitrogens with zero attached hydrogens (tertiary/aromatic N) is 1. The molecule has 1 rings (SSSR count). The van der Waals surface area contributed by atoms with Crippen LogP contribution >= 0.6 is 0 Å². The van der Waals surface area contributed by atoms with E-state index in [0.717, 1.165) is 31.9 Å². The third-order valence-corrected chi connectivity index (χ3v) is 3.03. The largest absolute Gasteiger partial charge is 0.292 e. The predicted octanol–water partition coefficient (Wildman–Crippen LogP) is 4.01. The number of pyridine rings is 1. The standard InChI is InChI=1S/C14H20FNO/c1-3-5-6-11(4-2)9-14(17)13-8-7-12(15)10-16-13/h7-8,10-11H,3-6,9H2,1-2H3. The number of unbranched alkanes of at least 4 members (excludes halogenated alkanes) is 1. The van der Waals surface area contributed by atoms with Gasteiger partial charge >= 0.3 is 0 Å². The second-order valence-corrected chi connectivity index (χ2v) is 4.41. The Kier molecular flexibility index (Phi) is 5.81. The Morgan fingerprint density at radius 3 is 2.71 bits per heavy atom. The topological polar surface area (TPSA) is 30.0 Å². The fourth-order valence-electron chi connectivity index (χ4n) is 1.85. The van der Waals surface area contributed by atoms with Crippen LogP contribution < -0.4 is 0 Å². The first-order valence-corrected chi connectivity index (χ1v) is 6.32. The van der Waals surface area contributed by atoms with Crippen molar-refractivity contribution in [2.24, 2.45) is 5.92 Å². The minimum absolute atomic E-state index is 0.0213. The number of carbonyl (C=O) groups is 1. The summed E-state index contributed by atoms with van der Waals surface area (Å²) in [5, 5.41) is 0. The zero-order valence-corrected chi connectivity index (χ0v) is 10.6. The zero-order valence-electron chi connectivity index (χ0n) is 10.6. The summed E-state index contributed by atoms with van der Waals surface area (Å²) in [7, 11) is 0. The molecule has 0 N–H and O–H groups in total. The van der Waals surface area contributed by atoms with Crippen molar-refractivity contribution in [3.8, 4) is 0 Å². The summed E-state index contributed by atoms with van der Waals surface area (Å²) in [5.41, 5.74) is 0.376. The molecular formula is C14H20FNO. The molecule has 0 fully saturated rings. The number of rotatable bonds is 7. The zero-order chi connectivity index (χ0) is 12.7. The van der Waals surface area contributed by atoms with Crippen molar-refractivity contribution >= 4 is 5.78 Å². The normalized spacial score (nSPS) is 12.4. The fraction of sp³-hybridized carbons (Fsp3) is 0.571. The van der Waals surface area contributed by atoms with E-state index < -0.39 is 5.82 Å². The van der Waals surface area contributed by atoms with E-state index in [4.69, 9.17) is 0 Å². The third kappa shape index (κ3) is 4.63. The highest BCUT2D eigenvalue weighted by Gasteiger charge is 2.14. The average molecular weight is 237 g/mol. The first-order valence-electron chi connectivity index (χ1n) is 6.32. The van der Waals surface area contributed by atoms with Crippen LogP contribution in [-0.4, -0.2) is 10.8 Å². The van der Waals surface area contributed by atoms with Crippen molar-refractivity contribution in [3.63, 3.8) is 0 Å². The van der Waals surface area contributed by atoms with Gasteiger partial charge in [0.25, 0.3) is 0 Å². The first kappa shape index (κ1) is 13.8. The number of hydrogen-bond acceptors (Lipinski definition) is 2. The summed E-state index contributed by atoms with van der Waals surface area (Å²) >= 11 is 0. The molecule has 0 aliphatic heterocycles. The van der Waals surface area contributed by atoms with Crippen LogP contribution in [0.2, 0.25) is 0 Å². The van der Waals surface area contributed by atoms with Crippen molar-refractivity contribution in [2.45, 2.75) is 46.0 Å². The molecule has 0 aromatic carbocycles. The van der Waals surface area contributed by atoms with Gasteiger partial charge in [0, 0.05) is 6.42 Å². The van der Waals surface area contributed by atoms with Gasteiger partial charge in [-0.25, -0.2) is 4.39 Å². The van der Waals surface area contributed by atoms with Gasteiger partial charge in [-0.2, -0.15) is 0 Å². The van der Waals surface area contributed by atoms with Crippen molar-refractivity contribution in [1.82, 2.24) is 4.98 Å². The van der Waals surface area contributed by atoms with E-state index in [1.54, 1.807) is 0 Å². The smallest absolute Gasteiger partial charge is 0.181 e. The van der Waals surface area contributed by atoms with Gasteiger partial charge in [-0.15, -0.1) is 0 Å². The summed E-state index contributed by atoms with van der Waals surface area (Å²) < 4.78 is 12.7. The van der Waals surface area contributed by atoms with Gasteiger partial charge < -0.3 is 0 Å². The van der Waals surface area contributed by atoms with Gasteiger partial charge in [-0.1, -0.05) is 39.5 Å². The van der Waals surface area contributed by atoms with Crippen LogP contribution in [0.5, 0.6) is 0 Å². The number of carbonyl (C=O) groups excluding carboxylic acids is 1. The summed E-state index contributed by atoms with van der Waals surface area (Å²) in [4.78, 5) is 15.7. The average Bonchev–Trinajstić information content (AvgIpc) is 2.35. The second kappa shape index (κ2) is 7.15. The van der Waals surface area contributed by atoms with Gasteiger partial charge in [0.05, 0.1) is 6.20 Å². The third-order valence-electron chi connectivity index (χ3n) is 3.03. The molecule has 0 aliphatic carbocycles. The monoisotopic (exact) mass is 237 g/mol. The van der Waals surface area contributed by atoms with Crippen LogP contribution in [0.1, 0.15) is 56.4 Å². The number of ketones is 1. The van der Waals surface area contributed by atoms with Crippen LogP contribution in [0.3, 0.4) is 0 Å². The molecule has 1 aromatic rings. The van der Waals surface area contributed by atoms with Gasteiger partial charge in [0.15, 0.2) is 5.78 Å². The van der Waals surface area contributed by atoms with E-state index in [-0.39, 0.29) is 5.78 Å². The maximum Gasteiger partial charge on any atom is 0.181 e.